The summed E-state index contributed by atoms with van der Waals surface area (Å²) in [7, 11) is 0. The van der Waals surface area contributed by atoms with E-state index in [9.17, 15) is 0 Å². The van der Waals surface area contributed by atoms with Gasteiger partial charge in [-0.15, -0.1) is 0 Å². The van der Waals surface area contributed by atoms with E-state index in [1.54, 1.807) is 0 Å². The molecule has 1 aliphatic carbocycles. The molecule has 1 heterocycles. The van der Waals surface area contributed by atoms with Gasteiger partial charge in [-0.25, -0.2) is 0 Å². The second-order valence-electron chi connectivity index (χ2n) is 5.87. The summed E-state index contributed by atoms with van der Waals surface area (Å²) in [4.78, 5) is 2.72. The molecule has 15 heavy (non-hydrogen) atoms. The van der Waals surface area contributed by atoms with Crippen LogP contribution in [0.5, 0.6) is 0 Å². The first kappa shape index (κ1) is 11.4. The summed E-state index contributed by atoms with van der Waals surface area (Å²) < 4.78 is 0. The molecule has 1 saturated heterocycles. The summed E-state index contributed by atoms with van der Waals surface area (Å²) in [6, 6.07) is 0.786. The van der Waals surface area contributed by atoms with Gasteiger partial charge in [0.25, 0.3) is 0 Å². The summed E-state index contributed by atoms with van der Waals surface area (Å²) >= 11 is 0. The maximum Gasteiger partial charge on any atom is 0.00927 e. The van der Waals surface area contributed by atoms with Gasteiger partial charge in [0.1, 0.15) is 0 Å². The molecule has 0 aromatic carbocycles. The van der Waals surface area contributed by atoms with Crippen molar-refractivity contribution in [3.05, 3.63) is 0 Å². The average Bonchev–Trinajstić information content (AvgIpc) is 2.94. The molecule has 2 rings (SSSR count). The molecule has 2 nitrogen and oxygen atoms in total. The van der Waals surface area contributed by atoms with Crippen molar-refractivity contribution in [3.63, 3.8) is 0 Å². The van der Waals surface area contributed by atoms with Gasteiger partial charge >= 0.3 is 0 Å². The molecule has 0 radical (unpaired) electrons. The minimum atomic E-state index is 0.625. The number of nitrogens with zero attached hydrogens (tertiary/aromatic N) is 1. The van der Waals surface area contributed by atoms with E-state index >= 15 is 0 Å². The molecule has 2 unspecified atom stereocenters. The zero-order valence-electron chi connectivity index (χ0n) is 10.3. The van der Waals surface area contributed by atoms with Gasteiger partial charge in [-0.1, -0.05) is 6.92 Å². The third-order valence-corrected chi connectivity index (χ3v) is 4.67. The van der Waals surface area contributed by atoms with Crippen molar-refractivity contribution in [1.82, 2.24) is 4.90 Å². The SMILES string of the molecule is CC1CCCN(CC2(CCN)CC2)C1C. The molecule has 1 aliphatic heterocycles. The predicted octanol–water partition coefficient (Wildman–Crippen LogP) is 2.24. The number of nitrogens with two attached hydrogens (primary N) is 1. The predicted molar refractivity (Wildman–Crippen MR) is 64.8 cm³/mol. The number of rotatable bonds is 4. The van der Waals surface area contributed by atoms with E-state index in [-0.39, 0.29) is 0 Å². The largest absolute Gasteiger partial charge is 0.330 e. The Balaban J connectivity index is 1.88. The van der Waals surface area contributed by atoms with Gasteiger partial charge in [0.15, 0.2) is 0 Å². The Morgan fingerprint density at radius 3 is 2.67 bits per heavy atom. The van der Waals surface area contributed by atoms with Crippen LogP contribution in [0.2, 0.25) is 0 Å². The molecule has 1 saturated carbocycles. The highest BCUT2D eigenvalue weighted by Crippen LogP contribution is 2.49. The Hall–Kier alpha value is -0.0800. The molecule has 2 heteroatoms. The molecule has 2 fully saturated rings. The lowest BCUT2D eigenvalue weighted by molar-refractivity contribution is 0.0882. The molecule has 0 aromatic rings. The van der Waals surface area contributed by atoms with E-state index in [0.717, 1.165) is 18.5 Å². The third kappa shape index (κ3) is 2.54. The molecule has 0 spiro atoms. The summed E-state index contributed by atoms with van der Waals surface area (Å²) in [6.45, 7) is 8.31. The number of piperidine rings is 1. The van der Waals surface area contributed by atoms with E-state index < -0.39 is 0 Å². The van der Waals surface area contributed by atoms with Gasteiger partial charge < -0.3 is 5.73 Å². The molecule has 0 amide bonds. The van der Waals surface area contributed by atoms with Crippen LogP contribution in [0.4, 0.5) is 0 Å². The first-order valence-electron chi connectivity index (χ1n) is 6.61. The van der Waals surface area contributed by atoms with Crippen LogP contribution >= 0.6 is 0 Å². The van der Waals surface area contributed by atoms with Gasteiger partial charge in [0, 0.05) is 12.6 Å². The Kier molecular flexibility index (Phi) is 3.36. The van der Waals surface area contributed by atoms with Crippen LogP contribution in [0.3, 0.4) is 0 Å². The van der Waals surface area contributed by atoms with Crippen molar-refractivity contribution >= 4 is 0 Å². The summed E-state index contributed by atoms with van der Waals surface area (Å²) in [5.74, 6) is 0.882. The smallest absolute Gasteiger partial charge is 0.00927 e. The second-order valence-corrected chi connectivity index (χ2v) is 5.87. The van der Waals surface area contributed by atoms with Gasteiger partial charge in [0.05, 0.1) is 0 Å². The van der Waals surface area contributed by atoms with E-state index in [2.05, 4.69) is 18.7 Å². The monoisotopic (exact) mass is 210 g/mol. The maximum absolute atomic E-state index is 5.70. The van der Waals surface area contributed by atoms with Gasteiger partial charge in [-0.2, -0.15) is 0 Å². The quantitative estimate of drug-likeness (QED) is 0.771. The molecule has 0 bridgehead atoms. The lowest BCUT2D eigenvalue weighted by atomic mass is 9.90. The van der Waals surface area contributed by atoms with Gasteiger partial charge in [-0.3, -0.25) is 4.90 Å². The first-order chi connectivity index (χ1) is 7.17. The highest BCUT2D eigenvalue weighted by molar-refractivity contribution is 4.97. The van der Waals surface area contributed by atoms with Gasteiger partial charge in [-0.05, 0) is 63.5 Å². The number of likely N-dealkylation sites (tertiary alicyclic amines) is 1. The standard InChI is InChI=1S/C13H26N2/c1-11-4-3-9-15(12(11)2)10-13(5-6-13)7-8-14/h11-12H,3-10,14H2,1-2H3. The molecular weight excluding hydrogens is 184 g/mol. The summed E-state index contributed by atoms with van der Waals surface area (Å²) in [6.07, 6.45) is 6.89. The van der Waals surface area contributed by atoms with Crippen molar-refractivity contribution in [2.45, 2.75) is 52.0 Å². The molecule has 2 atom stereocenters. The van der Waals surface area contributed by atoms with Crippen LogP contribution < -0.4 is 5.73 Å². The number of hydrogen-bond acceptors (Lipinski definition) is 2. The fourth-order valence-electron chi connectivity index (χ4n) is 3.05. The molecule has 2 aliphatic rings. The highest BCUT2D eigenvalue weighted by Gasteiger charge is 2.44. The Morgan fingerprint density at radius 2 is 2.07 bits per heavy atom. The molecule has 0 aromatic heterocycles. The van der Waals surface area contributed by atoms with Crippen molar-refractivity contribution in [2.75, 3.05) is 19.6 Å². The Morgan fingerprint density at radius 1 is 1.33 bits per heavy atom. The van der Waals surface area contributed by atoms with Crippen molar-refractivity contribution in [3.8, 4) is 0 Å². The van der Waals surface area contributed by atoms with Crippen LogP contribution in [-0.4, -0.2) is 30.6 Å². The van der Waals surface area contributed by atoms with Crippen LogP contribution in [0.1, 0.15) is 46.0 Å². The first-order valence-corrected chi connectivity index (χ1v) is 6.61. The number of hydrogen-bond donors (Lipinski definition) is 1. The van der Waals surface area contributed by atoms with Gasteiger partial charge in [0.2, 0.25) is 0 Å². The molecule has 2 N–H and O–H groups in total. The van der Waals surface area contributed by atoms with Crippen LogP contribution in [0.15, 0.2) is 0 Å². The normalized spacial score (nSPS) is 35.4. The lowest BCUT2D eigenvalue weighted by Gasteiger charge is -2.40. The minimum Gasteiger partial charge on any atom is -0.330 e. The molecule has 88 valence electrons. The van der Waals surface area contributed by atoms with E-state index in [0.29, 0.717) is 5.41 Å². The zero-order valence-corrected chi connectivity index (χ0v) is 10.3. The Labute approximate surface area is 94.2 Å². The minimum absolute atomic E-state index is 0.625. The second kappa shape index (κ2) is 4.42. The van der Waals surface area contributed by atoms with Crippen LogP contribution in [0, 0.1) is 11.3 Å². The third-order valence-electron chi connectivity index (χ3n) is 4.67. The van der Waals surface area contributed by atoms with E-state index in [1.165, 1.54) is 45.2 Å². The van der Waals surface area contributed by atoms with E-state index in [1.807, 2.05) is 0 Å². The fraction of sp³-hybridized carbons (Fsp3) is 1.00. The summed E-state index contributed by atoms with van der Waals surface area (Å²) in [5.41, 5.74) is 6.33. The van der Waals surface area contributed by atoms with E-state index in [4.69, 9.17) is 5.73 Å². The van der Waals surface area contributed by atoms with Crippen molar-refractivity contribution in [1.29, 1.82) is 0 Å². The highest BCUT2D eigenvalue weighted by atomic mass is 15.2. The van der Waals surface area contributed by atoms with Crippen LogP contribution in [0.25, 0.3) is 0 Å². The molecular formula is C13H26N2. The maximum atomic E-state index is 5.70. The Bertz CT molecular complexity index is 211. The fourth-order valence-corrected chi connectivity index (χ4v) is 3.05. The average molecular weight is 210 g/mol. The van der Waals surface area contributed by atoms with Crippen molar-refractivity contribution in [2.24, 2.45) is 17.1 Å². The summed E-state index contributed by atoms with van der Waals surface area (Å²) in [5, 5.41) is 0. The zero-order chi connectivity index (χ0) is 10.9. The topological polar surface area (TPSA) is 29.3 Å². The van der Waals surface area contributed by atoms with Crippen LogP contribution in [-0.2, 0) is 0 Å². The van der Waals surface area contributed by atoms with Crippen molar-refractivity contribution < 1.29 is 0 Å². The lowest BCUT2D eigenvalue weighted by Crippen LogP contribution is -2.45.